The van der Waals surface area contributed by atoms with Crippen molar-refractivity contribution in [1.82, 2.24) is 0 Å². The number of primary amides is 1. The predicted octanol–water partition coefficient (Wildman–Crippen LogP) is 1.71. The molecule has 0 heterocycles. The Balaban J connectivity index is 2.94. The number of sulfonamides is 1. The van der Waals surface area contributed by atoms with Crippen molar-refractivity contribution in [3.63, 3.8) is 0 Å². The number of amides is 1. The molecule has 1 aromatic carbocycles. The van der Waals surface area contributed by atoms with Crippen LogP contribution >= 0.6 is 0 Å². The maximum atomic E-state index is 13.2. The first-order valence-corrected chi connectivity index (χ1v) is 7.50. The summed E-state index contributed by atoms with van der Waals surface area (Å²) < 4.78 is 39.2. The van der Waals surface area contributed by atoms with Gasteiger partial charge in [-0.15, -0.1) is 0 Å². The second kappa shape index (κ2) is 6.01. The predicted molar refractivity (Wildman–Crippen MR) is 71.8 cm³/mol. The highest BCUT2D eigenvalue weighted by molar-refractivity contribution is 7.92. The Hall–Kier alpha value is -1.63. The number of anilines is 1. The van der Waals surface area contributed by atoms with Gasteiger partial charge in [-0.3, -0.25) is 9.52 Å². The van der Waals surface area contributed by atoms with Crippen molar-refractivity contribution < 1.29 is 17.6 Å². The molecule has 1 amide bonds. The van der Waals surface area contributed by atoms with Crippen molar-refractivity contribution in [2.24, 2.45) is 11.7 Å². The van der Waals surface area contributed by atoms with Crippen LogP contribution in [0.3, 0.4) is 0 Å². The smallest absolute Gasteiger partial charge is 0.251 e. The van der Waals surface area contributed by atoms with E-state index in [1.54, 1.807) is 0 Å². The Morgan fingerprint density at radius 2 is 2.11 bits per heavy atom. The minimum absolute atomic E-state index is 0.00793. The summed E-state index contributed by atoms with van der Waals surface area (Å²) in [7, 11) is -3.53. The van der Waals surface area contributed by atoms with E-state index in [2.05, 4.69) is 4.72 Å². The Kier molecular flexibility index (Phi) is 4.88. The van der Waals surface area contributed by atoms with E-state index in [-0.39, 0.29) is 22.9 Å². The molecule has 0 aromatic heterocycles. The third-order valence-corrected chi connectivity index (χ3v) is 4.26. The van der Waals surface area contributed by atoms with Gasteiger partial charge in [-0.2, -0.15) is 0 Å². The van der Waals surface area contributed by atoms with E-state index in [0.29, 0.717) is 0 Å². The molecule has 0 aliphatic carbocycles. The number of hydrogen-bond donors (Lipinski definition) is 2. The van der Waals surface area contributed by atoms with Crippen molar-refractivity contribution in [3.05, 3.63) is 29.6 Å². The summed E-state index contributed by atoms with van der Waals surface area (Å²) in [4.78, 5) is 11.0. The Morgan fingerprint density at radius 3 is 2.63 bits per heavy atom. The molecule has 0 spiro atoms. The summed E-state index contributed by atoms with van der Waals surface area (Å²) in [6.07, 6.45) is 0.733. The molecular weight excluding hydrogens is 271 g/mol. The minimum atomic E-state index is -3.53. The molecule has 0 saturated heterocycles. The lowest BCUT2D eigenvalue weighted by molar-refractivity contribution is 0.0996. The second-order valence-electron chi connectivity index (χ2n) is 4.46. The lowest BCUT2D eigenvalue weighted by Crippen LogP contribution is -2.21. The lowest BCUT2D eigenvalue weighted by atomic mass is 10.2. The van der Waals surface area contributed by atoms with Crippen LogP contribution in [0.4, 0.5) is 10.1 Å². The first-order chi connectivity index (χ1) is 8.75. The molecule has 0 fully saturated rings. The van der Waals surface area contributed by atoms with Crippen LogP contribution in [0.1, 0.15) is 30.6 Å². The molecule has 7 heteroatoms. The number of nitrogens with two attached hydrogens (primary N) is 1. The number of hydrogen-bond acceptors (Lipinski definition) is 3. The SMILES string of the molecule is CC[C@@H](C)CS(=O)(=O)Nc1ccc(F)c(C(N)=O)c1. The van der Waals surface area contributed by atoms with Gasteiger partial charge in [0.05, 0.1) is 11.3 Å². The highest BCUT2D eigenvalue weighted by Crippen LogP contribution is 2.17. The molecule has 3 N–H and O–H groups in total. The summed E-state index contributed by atoms with van der Waals surface area (Å²) in [6, 6.07) is 3.34. The fraction of sp³-hybridized carbons (Fsp3) is 0.417. The Labute approximate surface area is 112 Å². The van der Waals surface area contributed by atoms with Gasteiger partial charge in [0.25, 0.3) is 5.91 Å². The van der Waals surface area contributed by atoms with Crippen LogP contribution in [-0.2, 0) is 10.0 Å². The molecule has 0 saturated carbocycles. The van der Waals surface area contributed by atoms with E-state index in [4.69, 9.17) is 5.73 Å². The third kappa shape index (κ3) is 4.51. The van der Waals surface area contributed by atoms with Crippen molar-refractivity contribution in [2.45, 2.75) is 20.3 Å². The molecule has 0 aliphatic heterocycles. The number of carbonyl (C=O) groups is 1. The molecule has 1 aromatic rings. The van der Waals surface area contributed by atoms with E-state index in [1.165, 1.54) is 6.07 Å². The van der Waals surface area contributed by atoms with Crippen LogP contribution in [0.25, 0.3) is 0 Å². The van der Waals surface area contributed by atoms with E-state index in [1.807, 2.05) is 13.8 Å². The lowest BCUT2D eigenvalue weighted by Gasteiger charge is -2.12. The molecule has 5 nitrogen and oxygen atoms in total. The van der Waals surface area contributed by atoms with Crippen LogP contribution in [0.5, 0.6) is 0 Å². The zero-order chi connectivity index (χ0) is 14.6. The van der Waals surface area contributed by atoms with Gasteiger partial charge in [0.15, 0.2) is 0 Å². The summed E-state index contributed by atoms with van der Waals surface area (Å²) >= 11 is 0. The van der Waals surface area contributed by atoms with Gasteiger partial charge in [0.2, 0.25) is 10.0 Å². The van der Waals surface area contributed by atoms with Crippen LogP contribution in [0.2, 0.25) is 0 Å². The average Bonchev–Trinajstić information content (AvgIpc) is 2.30. The van der Waals surface area contributed by atoms with Crippen molar-refractivity contribution in [1.29, 1.82) is 0 Å². The van der Waals surface area contributed by atoms with Crippen LogP contribution in [-0.4, -0.2) is 20.1 Å². The first-order valence-electron chi connectivity index (χ1n) is 5.85. The molecular formula is C12H17FN2O3S. The van der Waals surface area contributed by atoms with Crippen LogP contribution in [0, 0.1) is 11.7 Å². The number of nitrogens with one attached hydrogen (secondary N) is 1. The highest BCUT2D eigenvalue weighted by atomic mass is 32.2. The molecule has 0 unspecified atom stereocenters. The van der Waals surface area contributed by atoms with Crippen molar-refractivity contribution in [3.8, 4) is 0 Å². The normalized spacial score (nSPS) is 13.0. The Bertz CT molecular complexity index is 572. The maximum absolute atomic E-state index is 13.2. The molecule has 0 aliphatic rings. The molecule has 106 valence electrons. The van der Waals surface area contributed by atoms with Crippen molar-refractivity contribution in [2.75, 3.05) is 10.5 Å². The third-order valence-electron chi connectivity index (χ3n) is 2.71. The summed E-state index contributed by atoms with van der Waals surface area (Å²) in [5.74, 6) is -1.75. The van der Waals surface area contributed by atoms with E-state index >= 15 is 0 Å². The van der Waals surface area contributed by atoms with E-state index < -0.39 is 21.7 Å². The van der Waals surface area contributed by atoms with Gasteiger partial charge >= 0.3 is 0 Å². The molecule has 1 atom stereocenters. The topological polar surface area (TPSA) is 89.3 Å². The van der Waals surface area contributed by atoms with Crippen LogP contribution < -0.4 is 10.5 Å². The zero-order valence-corrected chi connectivity index (χ0v) is 11.6. The fourth-order valence-corrected chi connectivity index (χ4v) is 3.05. The minimum Gasteiger partial charge on any atom is -0.366 e. The number of carbonyl (C=O) groups excluding carboxylic acids is 1. The second-order valence-corrected chi connectivity index (χ2v) is 6.22. The number of rotatable bonds is 6. The van der Waals surface area contributed by atoms with Gasteiger partial charge in [0, 0.05) is 5.69 Å². The number of halogens is 1. The molecule has 19 heavy (non-hydrogen) atoms. The molecule has 1 rings (SSSR count). The van der Waals surface area contributed by atoms with Gasteiger partial charge < -0.3 is 5.73 Å². The van der Waals surface area contributed by atoms with E-state index in [9.17, 15) is 17.6 Å². The van der Waals surface area contributed by atoms with E-state index in [0.717, 1.165) is 18.6 Å². The Morgan fingerprint density at radius 1 is 1.47 bits per heavy atom. The van der Waals surface area contributed by atoms with Gasteiger partial charge in [0.1, 0.15) is 5.82 Å². The maximum Gasteiger partial charge on any atom is 0.251 e. The standard InChI is InChI=1S/C12H17FN2O3S/c1-3-8(2)7-19(17,18)15-9-4-5-11(13)10(6-9)12(14)16/h4-6,8,15H,3,7H2,1-2H3,(H2,14,16)/t8-/m1/s1. The average molecular weight is 288 g/mol. The van der Waals surface area contributed by atoms with Gasteiger partial charge in [-0.1, -0.05) is 20.3 Å². The summed E-state index contributed by atoms with van der Waals surface area (Å²) in [5, 5.41) is 0. The largest absolute Gasteiger partial charge is 0.366 e. The highest BCUT2D eigenvalue weighted by Gasteiger charge is 2.16. The fourth-order valence-electron chi connectivity index (χ4n) is 1.49. The van der Waals surface area contributed by atoms with Gasteiger partial charge in [-0.25, -0.2) is 12.8 Å². The van der Waals surface area contributed by atoms with Crippen molar-refractivity contribution >= 4 is 21.6 Å². The first kappa shape index (κ1) is 15.4. The van der Waals surface area contributed by atoms with Gasteiger partial charge in [-0.05, 0) is 24.1 Å². The summed E-state index contributed by atoms with van der Waals surface area (Å²) in [6.45, 7) is 3.71. The molecule has 0 bridgehead atoms. The van der Waals surface area contributed by atoms with Crippen LogP contribution in [0.15, 0.2) is 18.2 Å². The number of benzene rings is 1. The molecule has 0 radical (unpaired) electrons. The summed E-state index contributed by atoms with van der Waals surface area (Å²) in [5.41, 5.74) is 4.77. The quantitative estimate of drug-likeness (QED) is 0.835. The monoisotopic (exact) mass is 288 g/mol. The zero-order valence-electron chi connectivity index (χ0n) is 10.8.